The molecule has 116 valence electrons. The van der Waals surface area contributed by atoms with Gasteiger partial charge in [0.1, 0.15) is 5.02 Å². The van der Waals surface area contributed by atoms with E-state index in [0.29, 0.717) is 16.4 Å². The van der Waals surface area contributed by atoms with E-state index in [4.69, 9.17) is 23.2 Å². The molecule has 0 bridgehead atoms. The van der Waals surface area contributed by atoms with Gasteiger partial charge in [0.15, 0.2) is 0 Å². The van der Waals surface area contributed by atoms with Gasteiger partial charge in [-0.05, 0) is 18.2 Å². The van der Waals surface area contributed by atoms with Crippen molar-refractivity contribution in [2.45, 2.75) is 0 Å². The molecule has 0 radical (unpaired) electrons. The van der Waals surface area contributed by atoms with E-state index < -0.39 is 0 Å². The number of hydrogen-bond acceptors (Lipinski definition) is 3. The van der Waals surface area contributed by atoms with Gasteiger partial charge in [0.05, 0.1) is 50.8 Å². The molecule has 5 nitrogen and oxygen atoms in total. The van der Waals surface area contributed by atoms with E-state index in [1.54, 1.807) is 30.5 Å². The van der Waals surface area contributed by atoms with Crippen LogP contribution in [-0.2, 0) is 0 Å². The molecule has 0 spiro atoms. The molecule has 2 aromatic rings. The molecule has 0 aliphatic carbocycles. The van der Waals surface area contributed by atoms with Crippen molar-refractivity contribution < 1.29 is 4.90 Å². The molecule has 1 saturated heterocycles. The van der Waals surface area contributed by atoms with E-state index in [9.17, 15) is 4.79 Å². The van der Waals surface area contributed by atoms with Crippen LogP contribution in [0, 0.1) is 0 Å². The van der Waals surface area contributed by atoms with Crippen LogP contribution in [0.15, 0.2) is 35.3 Å². The van der Waals surface area contributed by atoms with Crippen LogP contribution in [0.25, 0.3) is 5.69 Å². The molecule has 7 heteroatoms. The molecular formula is C15H17Cl2N4O+. The molecule has 2 heterocycles. The Labute approximate surface area is 138 Å². The molecule has 0 saturated carbocycles. The van der Waals surface area contributed by atoms with E-state index in [2.05, 4.69) is 17.0 Å². The van der Waals surface area contributed by atoms with E-state index in [-0.39, 0.29) is 10.6 Å². The van der Waals surface area contributed by atoms with Crippen molar-refractivity contribution in [3.8, 4) is 5.69 Å². The molecule has 3 rings (SSSR count). The molecule has 1 aromatic heterocycles. The van der Waals surface area contributed by atoms with Gasteiger partial charge in [0, 0.05) is 5.02 Å². The third kappa shape index (κ3) is 2.97. The monoisotopic (exact) mass is 339 g/mol. The number of nitrogens with zero attached hydrogens (tertiary/aromatic N) is 3. The first-order chi connectivity index (χ1) is 10.6. The highest BCUT2D eigenvalue weighted by atomic mass is 35.5. The first kappa shape index (κ1) is 15.3. The lowest BCUT2D eigenvalue weighted by Crippen LogP contribution is -3.12. The maximum atomic E-state index is 12.5. The fraction of sp³-hybridized carbons (Fsp3) is 0.333. The summed E-state index contributed by atoms with van der Waals surface area (Å²) in [6, 6.07) is 6.98. The van der Waals surface area contributed by atoms with Gasteiger partial charge in [-0.1, -0.05) is 29.3 Å². The molecule has 0 atom stereocenters. The number of nitrogens with one attached hydrogen (secondary N) is 1. The molecular weight excluding hydrogens is 323 g/mol. The molecule has 1 aromatic carbocycles. The summed E-state index contributed by atoms with van der Waals surface area (Å²) in [6.07, 6.45) is 1.66. The van der Waals surface area contributed by atoms with Crippen molar-refractivity contribution in [2.75, 3.05) is 38.1 Å². The van der Waals surface area contributed by atoms with Crippen molar-refractivity contribution in [3.05, 3.63) is 50.9 Å². The van der Waals surface area contributed by atoms with Crippen molar-refractivity contribution in [3.63, 3.8) is 0 Å². The summed E-state index contributed by atoms with van der Waals surface area (Å²) >= 11 is 12.3. The lowest BCUT2D eigenvalue weighted by atomic mass is 10.3. The summed E-state index contributed by atoms with van der Waals surface area (Å²) in [4.78, 5) is 16.1. The zero-order valence-corrected chi connectivity index (χ0v) is 13.7. The number of halogens is 2. The average Bonchev–Trinajstić information content (AvgIpc) is 2.51. The number of piperazine rings is 1. The van der Waals surface area contributed by atoms with Crippen LogP contribution < -0.4 is 15.4 Å². The fourth-order valence-electron chi connectivity index (χ4n) is 2.57. The predicted octanol–water partition coefficient (Wildman–Crippen LogP) is 0.874. The molecule has 1 N–H and O–H groups in total. The van der Waals surface area contributed by atoms with E-state index in [1.165, 1.54) is 9.58 Å². The predicted molar refractivity (Wildman–Crippen MR) is 88.7 cm³/mol. The van der Waals surface area contributed by atoms with Gasteiger partial charge in [-0.25, -0.2) is 0 Å². The minimum atomic E-state index is -0.326. The molecule has 1 fully saturated rings. The second-order valence-corrected chi connectivity index (χ2v) is 6.30. The summed E-state index contributed by atoms with van der Waals surface area (Å²) in [7, 11) is 2.16. The highest BCUT2D eigenvalue weighted by Gasteiger charge is 2.21. The quantitative estimate of drug-likeness (QED) is 0.882. The number of likely N-dealkylation sites (N-methyl/N-ethyl adjacent to an activating group) is 1. The maximum absolute atomic E-state index is 12.5. The van der Waals surface area contributed by atoms with Crippen LogP contribution in [0.3, 0.4) is 0 Å². The highest BCUT2D eigenvalue weighted by molar-refractivity contribution is 6.33. The van der Waals surface area contributed by atoms with Crippen LogP contribution in [0.5, 0.6) is 0 Å². The Bertz CT molecular complexity index is 739. The van der Waals surface area contributed by atoms with Gasteiger partial charge < -0.3 is 9.80 Å². The largest absolute Gasteiger partial charge is 0.358 e. The van der Waals surface area contributed by atoms with Gasteiger partial charge in [-0.3, -0.25) is 4.79 Å². The normalized spacial score (nSPS) is 16.0. The number of hydrogen-bond donors (Lipinski definition) is 1. The van der Waals surface area contributed by atoms with Crippen molar-refractivity contribution in [2.24, 2.45) is 0 Å². The van der Waals surface area contributed by atoms with E-state index in [0.717, 1.165) is 26.2 Å². The number of aromatic nitrogens is 2. The number of rotatable bonds is 2. The Hall–Kier alpha value is -1.56. The Morgan fingerprint density at radius 1 is 1.23 bits per heavy atom. The summed E-state index contributed by atoms with van der Waals surface area (Å²) in [6.45, 7) is 3.78. The Morgan fingerprint density at radius 3 is 2.64 bits per heavy atom. The number of anilines is 1. The van der Waals surface area contributed by atoms with Gasteiger partial charge in [0.2, 0.25) is 0 Å². The zero-order chi connectivity index (χ0) is 15.7. The summed E-state index contributed by atoms with van der Waals surface area (Å²) in [5, 5.41) is 5.01. The first-order valence-electron chi connectivity index (χ1n) is 7.16. The van der Waals surface area contributed by atoms with Crippen molar-refractivity contribution >= 4 is 28.9 Å². The lowest BCUT2D eigenvalue weighted by molar-refractivity contribution is -0.880. The Kier molecular flexibility index (Phi) is 4.38. The Morgan fingerprint density at radius 2 is 1.95 bits per heavy atom. The molecule has 1 aliphatic heterocycles. The average molecular weight is 340 g/mol. The number of benzene rings is 1. The van der Waals surface area contributed by atoms with Gasteiger partial charge in [-0.15, -0.1) is 0 Å². The van der Waals surface area contributed by atoms with Gasteiger partial charge in [0.25, 0.3) is 5.56 Å². The smallest absolute Gasteiger partial charge is 0.292 e. The second-order valence-electron chi connectivity index (χ2n) is 5.48. The third-order valence-corrected chi connectivity index (χ3v) is 4.50. The fourth-order valence-corrected chi connectivity index (χ4v) is 3.00. The topological polar surface area (TPSA) is 42.6 Å². The van der Waals surface area contributed by atoms with Crippen LogP contribution in [0.2, 0.25) is 10.0 Å². The SMILES string of the molecule is C[NH+]1CCN(c2cnn(-c3cccc(Cl)c3)c(=O)c2Cl)CC1. The van der Waals surface area contributed by atoms with E-state index >= 15 is 0 Å². The molecule has 0 amide bonds. The lowest BCUT2D eigenvalue weighted by Gasteiger charge is -2.31. The van der Waals surface area contributed by atoms with Crippen LogP contribution in [0.4, 0.5) is 5.69 Å². The summed E-state index contributed by atoms with van der Waals surface area (Å²) in [5.41, 5.74) is 0.985. The molecule has 0 unspecified atom stereocenters. The Balaban J connectivity index is 1.97. The van der Waals surface area contributed by atoms with Crippen molar-refractivity contribution in [1.29, 1.82) is 0 Å². The zero-order valence-electron chi connectivity index (χ0n) is 12.2. The molecule has 1 aliphatic rings. The minimum Gasteiger partial charge on any atom is -0.358 e. The van der Waals surface area contributed by atoms with E-state index in [1.807, 2.05) is 0 Å². The highest BCUT2D eigenvalue weighted by Crippen LogP contribution is 2.22. The van der Waals surface area contributed by atoms with Gasteiger partial charge in [-0.2, -0.15) is 9.78 Å². The minimum absolute atomic E-state index is 0.203. The van der Waals surface area contributed by atoms with Crippen LogP contribution >= 0.6 is 23.2 Å². The maximum Gasteiger partial charge on any atom is 0.292 e. The van der Waals surface area contributed by atoms with Gasteiger partial charge >= 0.3 is 0 Å². The first-order valence-corrected chi connectivity index (χ1v) is 7.92. The summed E-state index contributed by atoms with van der Waals surface area (Å²) in [5.74, 6) is 0. The third-order valence-electron chi connectivity index (χ3n) is 3.91. The van der Waals surface area contributed by atoms with Crippen LogP contribution in [0.1, 0.15) is 0 Å². The number of quaternary nitrogens is 1. The van der Waals surface area contributed by atoms with Crippen LogP contribution in [-0.4, -0.2) is 43.0 Å². The summed E-state index contributed by atoms with van der Waals surface area (Å²) < 4.78 is 1.28. The standard InChI is InChI=1S/C15H16Cl2N4O/c1-19-5-7-20(8-6-19)13-10-18-21(15(22)14(13)17)12-4-2-3-11(16)9-12/h2-4,9-10H,5-8H2,1H3/p+1. The molecule has 22 heavy (non-hydrogen) atoms. The van der Waals surface area contributed by atoms with Crippen molar-refractivity contribution in [1.82, 2.24) is 9.78 Å². The second kappa shape index (κ2) is 6.28.